The summed E-state index contributed by atoms with van der Waals surface area (Å²) in [6.45, 7) is 2.47. The van der Waals surface area contributed by atoms with Crippen LogP contribution in [0.2, 0.25) is 0 Å². The van der Waals surface area contributed by atoms with Crippen molar-refractivity contribution in [1.82, 2.24) is 4.90 Å². The van der Waals surface area contributed by atoms with Gasteiger partial charge in [-0.2, -0.15) is 11.3 Å². The molecule has 0 spiro atoms. The molecule has 0 aromatic carbocycles. The van der Waals surface area contributed by atoms with Crippen LogP contribution in [0, 0.1) is 5.92 Å². The molecule has 3 fully saturated rings. The van der Waals surface area contributed by atoms with E-state index in [9.17, 15) is 4.79 Å². The third kappa shape index (κ3) is 3.78. The maximum Gasteiger partial charge on any atom is 0.227 e. The lowest BCUT2D eigenvalue weighted by molar-refractivity contribution is -0.138. The Morgan fingerprint density at radius 2 is 2.17 bits per heavy atom. The van der Waals surface area contributed by atoms with Gasteiger partial charge in [-0.1, -0.05) is 0 Å². The number of thiophene rings is 1. The minimum Gasteiger partial charge on any atom is -0.378 e. The maximum atomic E-state index is 12.6. The summed E-state index contributed by atoms with van der Waals surface area (Å²) in [5, 5.41) is 4.10. The molecule has 1 aliphatic carbocycles. The number of fused-ring (bicyclic) bond motifs is 1. The number of amides is 1. The zero-order chi connectivity index (χ0) is 15.6. The molecule has 2 aliphatic heterocycles. The maximum absolute atomic E-state index is 12.6. The SMILES string of the molecule is O=C(Cc1ccsc1)N1CC[C@@H]2O[C@H](COCC3CC3)CC[C@@H]21. The number of likely N-dealkylation sites (tertiary alicyclic amines) is 1. The van der Waals surface area contributed by atoms with E-state index in [1.807, 2.05) is 11.4 Å². The summed E-state index contributed by atoms with van der Waals surface area (Å²) < 4.78 is 12.0. The third-order valence-corrected chi connectivity index (χ3v) is 5.98. The van der Waals surface area contributed by atoms with Crippen LogP contribution in [0.15, 0.2) is 16.8 Å². The zero-order valence-electron chi connectivity index (χ0n) is 13.5. The molecule has 0 N–H and O–H groups in total. The highest BCUT2D eigenvalue weighted by molar-refractivity contribution is 7.07. The van der Waals surface area contributed by atoms with Crippen molar-refractivity contribution in [1.29, 1.82) is 0 Å². The largest absolute Gasteiger partial charge is 0.378 e. The Kier molecular flexibility index (Phi) is 4.69. The lowest BCUT2D eigenvalue weighted by Crippen LogP contribution is -2.46. The van der Waals surface area contributed by atoms with Gasteiger partial charge in [0.25, 0.3) is 0 Å². The molecule has 5 heteroatoms. The highest BCUT2D eigenvalue weighted by Crippen LogP contribution is 2.33. The van der Waals surface area contributed by atoms with E-state index in [1.54, 1.807) is 11.3 Å². The van der Waals surface area contributed by atoms with Crippen LogP contribution in [0.3, 0.4) is 0 Å². The summed E-state index contributed by atoms with van der Waals surface area (Å²) in [5.74, 6) is 1.06. The Morgan fingerprint density at radius 3 is 2.96 bits per heavy atom. The molecule has 23 heavy (non-hydrogen) atoms. The lowest BCUT2D eigenvalue weighted by Gasteiger charge is -2.36. The van der Waals surface area contributed by atoms with Crippen molar-refractivity contribution in [2.24, 2.45) is 5.92 Å². The molecule has 1 amide bonds. The molecule has 0 radical (unpaired) electrons. The van der Waals surface area contributed by atoms with E-state index in [0.29, 0.717) is 6.42 Å². The van der Waals surface area contributed by atoms with Crippen LogP contribution in [0.4, 0.5) is 0 Å². The van der Waals surface area contributed by atoms with E-state index in [-0.39, 0.29) is 24.2 Å². The average Bonchev–Trinajstić information content (AvgIpc) is 3.07. The zero-order valence-corrected chi connectivity index (χ0v) is 14.3. The fourth-order valence-corrected chi connectivity index (χ4v) is 4.42. The molecule has 3 aliphatic rings. The van der Waals surface area contributed by atoms with Gasteiger partial charge in [-0.05, 0) is 60.4 Å². The number of ether oxygens (including phenoxy) is 2. The fraction of sp³-hybridized carbons (Fsp3) is 0.722. The smallest absolute Gasteiger partial charge is 0.227 e. The van der Waals surface area contributed by atoms with Gasteiger partial charge in [-0.15, -0.1) is 0 Å². The number of hydrogen-bond acceptors (Lipinski definition) is 4. The summed E-state index contributed by atoms with van der Waals surface area (Å²) in [4.78, 5) is 14.6. The van der Waals surface area contributed by atoms with Crippen LogP contribution in [0.25, 0.3) is 0 Å². The van der Waals surface area contributed by atoms with Crippen molar-refractivity contribution in [2.75, 3.05) is 19.8 Å². The van der Waals surface area contributed by atoms with Crippen LogP contribution >= 0.6 is 11.3 Å². The third-order valence-electron chi connectivity index (χ3n) is 5.25. The second-order valence-electron chi connectivity index (χ2n) is 7.11. The van der Waals surface area contributed by atoms with E-state index in [4.69, 9.17) is 9.47 Å². The van der Waals surface area contributed by atoms with Crippen molar-refractivity contribution < 1.29 is 14.3 Å². The van der Waals surface area contributed by atoms with Gasteiger partial charge in [-0.25, -0.2) is 0 Å². The topological polar surface area (TPSA) is 38.8 Å². The van der Waals surface area contributed by atoms with Crippen LogP contribution in [-0.4, -0.2) is 48.8 Å². The highest BCUT2D eigenvalue weighted by atomic mass is 32.1. The van der Waals surface area contributed by atoms with Gasteiger partial charge in [0.2, 0.25) is 5.91 Å². The molecule has 2 saturated heterocycles. The number of carbonyl (C=O) groups is 1. The summed E-state index contributed by atoms with van der Waals surface area (Å²) >= 11 is 1.65. The number of carbonyl (C=O) groups excluding carboxylic acids is 1. The van der Waals surface area contributed by atoms with Crippen molar-refractivity contribution in [3.63, 3.8) is 0 Å². The van der Waals surface area contributed by atoms with Gasteiger partial charge in [0.1, 0.15) is 0 Å². The van der Waals surface area contributed by atoms with Crippen LogP contribution in [0.5, 0.6) is 0 Å². The molecule has 0 bridgehead atoms. The van der Waals surface area contributed by atoms with Crippen LogP contribution in [0.1, 0.15) is 37.7 Å². The van der Waals surface area contributed by atoms with Gasteiger partial charge in [0.15, 0.2) is 0 Å². The number of hydrogen-bond donors (Lipinski definition) is 0. The first-order valence-corrected chi connectivity index (χ1v) is 9.77. The van der Waals surface area contributed by atoms with Gasteiger partial charge >= 0.3 is 0 Å². The van der Waals surface area contributed by atoms with Crippen molar-refractivity contribution in [2.45, 2.75) is 56.8 Å². The normalized spacial score (nSPS) is 30.4. The minimum atomic E-state index is 0.213. The van der Waals surface area contributed by atoms with Crippen LogP contribution < -0.4 is 0 Å². The molecule has 4 nitrogen and oxygen atoms in total. The predicted molar refractivity (Wildman–Crippen MR) is 89.6 cm³/mol. The first-order chi connectivity index (χ1) is 11.3. The average molecular weight is 335 g/mol. The van der Waals surface area contributed by atoms with Crippen molar-refractivity contribution in [3.8, 4) is 0 Å². The lowest BCUT2D eigenvalue weighted by atomic mass is 9.99. The first-order valence-electron chi connectivity index (χ1n) is 8.83. The van der Waals surface area contributed by atoms with Gasteiger partial charge in [-0.3, -0.25) is 4.79 Å². The second kappa shape index (κ2) is 6.91. The monoisotopic (exact) mass is 335 g/mol. The van der Waals surface area contributed by atoms with E-state index in [2.05, 4.69) is 10.3 Å². The quantitative estimate of drug-likeness (QED) is 0.802. The molecule has 1 aromatic heterocycles. The minimum absolute atomic E-state index is 0.213. The molecule has 126 valence electrons. The van der Waals surface area contributed by atoms with Crippen molar-refractivity contribution in [3.05, 3.63) is 22.4 Å². The van der Waals surface area contributed by atoms with Gasteiger partial charge in [0.05, 0.1) is 31.3 Å². The highest BCUT2D eigenvalue weighted by Gasteiger charge is 2.41. The molecule has 1 aromatic rings. The molecule has 4 rings (SSSR count). The summed E-state index contributed by atoms with van der Waals surface area (Å²) in [6.07, 6.45) is 6.66. The number of rotatable bonds is 6. The first kappa shape index (κ1) is 15.6. The molecular weight excluding hydrogens is 310 g/mol. The standard InChI is InChI=1S/C18H25NO3S/c20-18(9-14-6-8-23-12-14)19-7-5-17-16(19)4-3-15(22-17)11-21-10-13-1-2-13/h6,8,12-13,15-17H,1-5,7,9-11H2/t15-,16-,17-/m0/s1. The van der Waals surface area contributed by atoms with Crippen LogP contribution in [-0.2, 0) is 20.7 Å². The molecular formula is C18H25NO3S. The van der Waals surface area contributed by atoms with E-state index in [0.717, 1.165) is 50.5 Å². The molecule has 1 saturated carbocycles. The van der Waals surface area contributed by atoms with E-state index < -0.39 is 0 Å². The van der Waals surface area contributed by atoms with E-state index in [1.165, 1.54) is 12.8 Å². The fourth-order valence-electron chi connectivity index (χ4n) is 3.75. The van der Waals surface area contributed by atoms with Gasteiger partial charge < -0.3 is 14.4 Å². The van der Waals surface area contributed by atoms with E-state index >= 15 is 0 Å². The molecule has 3 atom stereocenters. The summed E-state index contributed by atoms with van der Waals surface area (Å²) in [6, 6.07) is 2.32. The van der Waals surface area contributed by atoms with Crippen molar-refractivity contribution >= 4 is 17.2 Å². The second-order valence-corrected chi connectivity index (χ2v) is 7.89. The molecule has 3 heterocycles. The number of nitrogens with zero attached hydrogens (tertiary/aromatic N) is 1. The Hall–Kier alpha value is -0.910. The summed E-state index contributed by atoms with van der Waals surface area (Å²) in [7, 11) is 0. The van der Waals surface area contributed by atoms with Gasteiger partial charge in [0, 0.05) is 13.2 Å². The summed E-state index contributed by atoms with van der Waals surface area (Å²) in [5.41, 5.74) is 1.13. The Labute approximate surface area is 141 Å². The Balaban J connectivity index is 1.26. The predicted octanol–water partition coefficient (Wildman–Crippen LogP) is 2.87. The molecule has 0 unspecified atom stereocenters. The Bertz CT molecular complexity index is 528. The Morgan fingerprint density at radius 1 is 1.26 bits per heavy atom.